The van der Waals surface area contributed by atoms with Gasteiger partial charge in [0, 0.05) is 10.1 Å². The van der Waals surface area contributed by atoms with E-state index in [0.29, 0.717) is 6.42 Å². The molecule has 1 aromatic rings. The van der Waals surface area contributed by atoms with Crippen molar-refractivity contribution in [2.75, 3.05) is 7.11 Å². The molecule has 3 heteroatoms. The lowest BCUT2D eigenvalue weighted by Crippen LogP contribution is -2.08. The van der Waals surface area contributed by atoms with Crippen LogP contribution in [0.15, 0.2) is 29.2 Å². The lowest BCUT2D eigenvalue weighted by atomic mass is 10.2. The molecule has 15 heavy (non-hydrogen) atoms. The Kier molecular flexibility index (Phi) is 4.69. The highest BCUT2D eigenvalue weighted by Gasteiger charge is 2.10. The maximum absolute atomic E-state index is 11.0. The molecule has 0 aromatic heterocycles. The Hall–Kier alpha value is -0.960. The van der Waals surface area contributed by atoms with Gasteiger partial charge < -0.3 is 4.74 Å². The summed E-state index contributed by atoms with van der Waals surface area (Å²) < 4.78 is 4.63. The molecule has 0 amide bonds. The van der Waals surface area contributed by atoms with Gasteiger partial charge in [-0.25, -0.2) is 0 Å². The molecular weight excluding hydrogens is 208 g/mol. The van der Waals surface area contributed by atoms with Crippen LogP contribution in [0.25, 0.3) is 0 Å². The van der Waals surface area contributed by atoms with Crippen molar-refractivity contribution in [2.24, 2.45) is 0 Å². The van der Waals surface area contributed by atoms with Crippen LogP contribution in [-0.2, 0) is 9.53 Å². The zero-order chi connectivity index (χ0) is 11.3. The number of benzene rings is 1. The largest absolute Gasteiger partial charge is 0.469 e. The highest BCUT2D eigenvalue weighted by atomic mass is 32.2. The second-order valence-corrected chi connectivity index (χ2v) is 5.04. The van der Waals surface area contributed by atoms with Crippen LogP contribution in [0.3, 0.4) is 0 Å². The Morgan fingerprint density at radius 2 is 2.27 bits per heavy atom. The van der Waals surface area contributed by atoms with Crippen molar-refractivity contribution in [3.63, 3.8) is 0 Å². The summed E-state index contributed by atoms with van der Waals surface area (Å²) in [6.07, 6.45) is 0.453. The Bertz CT molecular complexity index is 336. The first kappa shape index (κ1) is 12.1. The molecular formula is C12H16O2S. The minimum Gasteiger partial charge on any atom is -0.469 e. The summed E-state index contributed by atoms with van der Waals surface area (Å²) in [5.41, 5.74) is 1.24. The van der Waals surface area contributed by atoms with Gasteiger partial charge in [-0.2, -0.15) is 0 Å². The Morgan fingerprint density at radius 3 is 2.87 bits per heavy atom. The number of hydrogen-bond donors (Lipinski definition) is 0. The van der Waals surface area contributed by atoms with Crippen molar-refractivity contribution in [1.82, 2.24) is 0 Å². The normalized spacial score (nSPS) is 12.2. The summed E-state index contributed by atoms with van der Waals surface area (Å²) in [6.45, 7) is 4.10. The van der Waals surface area contributed by atoms with Crippen LogP contribution in [0.5, 0.6) is 0 Å². The fourth-order valence-electron chi connectivity index (χ4n) is 1.28. The van der Waals surface area contributed by atoms with Gasteiger partial charge in [-0.05, 0) is 19.1 Å². The lowest BCUT2D eigenvalue weighted by Gasteiger charge is -2.09. The molecule has 0 aliphatic carbocycles. The summed E-state index contributed by atoms with van der Waals surface area (Å²) in [5.74, 6) is -0.150. The van der Waals surface area contributed by atoms with Crippen LogP contribution in [0.1, 0.15) is 18.9 Å². The molecule has 82 valence electrons. The van der Waals surface area contributed by atoms with Crippen molar-refractivity contribution < 1.29 is 9.53 Å². The van der Waals surface area contributed by atoms with Gasteiger partial charge in [-0.1, -0.05) is 24.6 Å². The molecule has 2 nitrogen and oxygen atoms in total. The van der Waals surface area contributed by atoms with E-state index in [1.165, 1.54) is 17.6 Å². The standard InChI is InChI=1S/C12H16O2S/c1-9-5-4-6-11(7-9)15-10(2)8-12(13)14-3/h4-7,10H,8H2,1-3H3. The molecule has 0 fully saturated rings. The van der Waals surface area contributed by atoms with Gasteiger partial charge in [0.2, 0.25) is 0 Å². The molecule has 0 aliphatic heterocycles. The topological polar surface area (TPSA) is 26.3 Å². The van der Waals surface area contributed by atoms with E-state index < -0.39 is 0 Å². The highest BCUT2D eigenvalue weighted by Crippen LogP contribution is 2.25. The molecule has 0 saturated heterocycles. The molecule has 0 bridgehead atoms. The lowest BCUT2D eigenvalue weighted by molar-refractivity contribution is -0.140. The predicted octanol–water partition coefficient (Wildman–Crippen LogP) is 3.04. The van der Waals surface area contributed by atoms with E-state index in [2.05, 4.69) is 29.9 Å². The highest BCUT2D eigenvalue weighted by molar-refractivity contribution is 8.00. The van der Waals surface area contributed by atoms with Crippen molar-refractivity contribution in [1.29, 1.82) is 0 Å². The summed E-state index contributed by atoms with van der Waals surface area (Å²) in [6, 6.07) is 8.28. The van der Waals surface area contributed by atoms with E-state index >= 15 is 0 Å². The van der Waals surface area contributed by atoms with Gasteiger partial charge in [0.05, 0.1) is 13.5 Å². The molecule has 1 rings (SSSR count). The van der Waals surface area contributed by atoms with Crippen LogP contribution in [0, 0.1) is 6.92 Å². The van der Waals surface area contributed by atoms with Gasteiger partial charge in [-0.15, -0.1) is 11.8 Å². The molecule has 1 aromatic carbocycles. The van der Waals surface area contributed by atoms with E-state index in [9.17, 15) is 4.79 Å². The fourth-order valence-corrected chi connectivity index (χ4v) is 2.38. The third-order valence-corrected chi connectivity index (χ3v) is 3.10. The number of hydrogen-bond acceptors (Lipinski definition) is 3. The number of rotatable bonds is 4. The number of ether oxygens (including phenoxy) is 1. The number of thioether (sulfide) groups is 1. The van der Waals surface area contributed by atoms with Crippen LogP contribution < -0.4 is 0 Å². The Labute approximate surface area is 95.0 Å². The average Bonchev–Trinajstić information content (AvgIpc) is 2.17. The molecule has 0 aliphatic rings. The van der Waals surface area contributed by atoms with Gasteiger partial charge >= 0.3 is 5.97 Å². The quantitative estimate of drug-likeness (QED) is 0.581. The van der Waals surface area contributed by atoms with Crippen molar-refractivity contribution in [2.45, 2.75) is 30.4 Å². The van der Waals surface area contributed by atoms with Crippen molar-refractivity contribution >= 4 is 17.7 Å². The summed E-state index contributed by atoms with van der Waals surface area (Å²) in [7, 11) is 1.42. The molecule has 0 N–H and O–H groups in total. The molecule has 1 unspecified atom stereocenters. The average molecular weight is 224 g/mol. The van der Waals surface area contributed by atoms with Gasteiger partial charge in [-0.3, -0.25) is 4.79 Å². The van der Waals surface area contributed by atoms with Crippen LogP contribution >= 0.6 is 11.8 Å². The van der Waals surface area contributed by atoms with Crippen molar-refractivity contribution in [3.8, 4) is 0 Å². The van der Waals surface area contributed by atoms with E-state index in [-0.39, 0.29) is 11.2 Å². The molecule has 0 heterocycles. The Morgan fingerprint density at radius 1 is 1.53 bits per heavy atom. The number of esters is 1. The Balaban J connectivity index is 2.51. The zero-order valence-corrected chi connectivity index (χ0v) is 10.1. The van der Waals surface area contributed by atoms with E-state index in [4.69, 9.17) is 0 Å². The molecule has 1 atom stereocenters. The third kappa shape index (κ3) is 4.38. The predicted molar refractivity (Wildman–Crippen MR) is 63.1 cm³/mol. The van der Waals surface area contributed by atoms with Gasteiger partial charge in [0.1, 0.15) is 0 Å². The number of aryl methyl sites for hydroxylation is 1. The van der Waals surface area contributed by atoms with Crippen LogP contribution in [0.4, 0.5) is 0 Å². The van der Waals surface area contributed by atoms with E-state index in [1.807, 2.05) is 13.0 Å². The first-order valence-corrected chi connectivity index (χ1v) is 5.80. The number of methoxy groups -OCH3 is 1. The minimum atomic E-state index is -0.150. The minimum absolute atomic E-state index is 0.150. The van der Waals surface area contributed by atoms with Crippen LogP contribution in [0.2, 0.25) is 0 Å². The van der Waals surface area contributed by atoms with Gasteiger partial charge in [0.15, 0.2) is 0 Å². The summed E-state index contributed by atoms with van der Waals surface area (Å²) in [4.78, 5) is 12.2. The first-order valence-electron chi connectivity index (χ1n) is 4.92. The fraction of sp³-hybridized carbons (Fsp3) is 0.417. The summed E-state index contributed by atoms with van der Waals surface area (Å²) in [5, 5.41) is 0.249. The molecule has 0 spiro atoms. The van der Waals surface area contributed by atoms with E-state index in [0.717, 1.165) is 0 Å². The van der Waals surface area contributed by atoms with E-state index in [1.54, 1.807) is 11.8 Å². The first-order chi connectivity index (χ1) is 7.11. The van der Waals surface area contributed by atoms with Gasteiger partial charge in [0.25, 0.3) is 0 Å². The maximum atomic E-state index is 11.0. The summed E-state index contributed by atoms with van der Waals surface area (Å²) >= 11 is 1.70. The zero-order valence-electron chi connectivity index (χ0n) is 9.32. The number of carbonyl (C=O) groups is 1. The third-order valence-electron chi connectivity index (χ3n) is 2.01. The monoisotopic (exact) mass is 224 g/mol. The molecule has 0 radical (unpaired) electrons. The second kappa shape index (κ2) is 5.81. The SMILES string of the molecule is COC(=O)CC(C)Sc1cccc(C)c1. The molecule has 0 saturated carbocycles. The number of carbonyl (C=O) groups excluding carboxylic acids is 1. The van der Waals surface area contributed by atoms with Crippen molar-refractivity contribution in [3.05, 3.63) is 29.8 Å². The van der Waals surface area contributed by atoms with Crippen LogP contribution in [-0.4, -0.2) is 18.3 Å². The second-order valence-electron chi connectivity index (χ2n) is 3.53. The maximum Gasteiger partial charge on any atom is 0.306 e. The smallest absolute Gasteiger partial charge is 0.306 e.